The van der Waals surface area contributed by atoms with Crippen molar-refractivity contribution in [2.75, 3.05) is 31.0 Å². The number of nitrogens with two attached hydrogens (primary N) is 1. The Labute approximate surface area is 107 Å². The molecule has 0 spiro atoms. The van der Waals surface area contributed by atoms with Gasteiger partial charge in [0.15, 0.2) is 11.6 Å². The molecule has 0 aliphatic carbocycles. The van der Waals surface area contributed by atoms with Gasteiger partial charge in [-0.3, -0.25) is 0 Å². The molecule has 0 saturated heterocycles. The number of hydrogen-bond donors (Lipinski definition) is 4. The molecule has 0 aliphatic heterocycles. The van der Waals surface area contributed by atoms with Crippen molar-refractivity contribution in [1.82, 2.24) is 9.97 Å². The number of anilines is 2. The Hall–Kier alpha value is -1.60. The van der Waals surface area contributed by atoms with Crippen LogP contribution in [0.3, 0.4) is 0 Å². The topological polar surface area (TPSA) is 105 Å². The van der Waals surface area contributed by atoms with Crippen molar-refractivity contribution in [2.45, 2.75) is 19.8 Å². The molecule has 102 valence electrons. The summed E-state index contributed by atoms with van der Waals surface area (Å²) >= 11 is 0. The molecule has 1 unspecified atom stereocenters. The van der Waals surface area contributed by atoms with Crippen LogP contribution in [0.1, 0.15) is 19.8 Å². The summed E-state index contributed by atoms with van der Waals surface area (Å²) in [6, 6.07) is 0. The minimum Gasteiger partial charge on any atom is -0.490 e. The van der Waals surface area contributed by atoms with Gasteiger partial charge in [-0.05, 0) is 18.8 Å². The summed E-state index contributed by atoms with van der Waals surface area (Å²) in [5, 5.41) is 12.1. The molecule has 18 heavy (non-hydrogen) atoms. The van der Waals surface area contributed by atoms with Crippen LogP contribution in [0.2, 0.25) is 0 Å². The molecular formula is C11H21N5O2. The smallest absolute Gasteiger partial charge is 0.205 e. The largest absolute Gasteiger partial charge is 0.490 e. The zero-order chi connectivity index (χ0) is 13.4. The standard InChI is InChI=1S/C11H21N5O2/c1-8(6-17)4-3-5-13-10-9(18-2)11(16-12)15-7-14-10/h7-8,17H,3-6,12H2,1-2H3,(H2,13,14,15,16). The van der Waals surface area contributed by atoms with Crippen LogP contribution < -0.4 is 21.3 Å². The van der Waals surface area contributed by atoms with Crippen LogP contribution in [0.4, 0.5) is 11.6 Å². The summed E-state index contributed by atoms with van der Waals surface area (Å²) in [4.78, 5) is 8.06. The van der Waals surface area contributed by atoms with Crippen molar-refractivity contribution in [3.63, 3.8) is 0 Å². The number of hydrogen-bond acceptors (Lipinski definition) is 7. The quantitative estimate of drug-likeness (QED) is 0.306. The van der Waals surface area contributed by atoms with E-state index in [0.717, 1.165) is 19.4 Å². The van der Waals surface area contributed by atoms with Crippen LogP contribution in [0.5, 0.6) is 5.75 Å². The highest BCUT2D eigenvalue weighted by molar-refractivity contribution is 5.62. The lowest BCUT2D eigenvalue weighted by atomic mass is 10.1. The first-order valence-corrected chi connectivity index (χ1v) is 5.93. The number of aliphatic hydroxyl groups is 1. The number of nitrogens with one attached hydrogen (secondary N) is 2. The number of aliphatic hydroxyl groups excluding tert-OH is 1. The Bertz CT molecular complexity index is 361. The van der Waals surface area contributed by atoms with Gasteiger partial charge in [-0.2, -0.15) is 0 Å². The van der Waals surface area contributed by atoms with Crippen molar-refractivity contribution in [1.29, 1.82) is 0 Å². The highest BCUT2D eigenvalue weighted by Crippen LogP contribution is 2.27. The second kappa shape index (κ2) is 7.67. The average molecular weight is 255 g/mol. The highest BCUT2D eigenvalue weighted by Gasteiger charge is 2.10. The molecule has 7 nitrogen and oxygen atoms in total. The second-order valence-corrected chi connectivity index (χ2v) is 4.11. The molecule has 0 aliphatic rings. The zero-order valence-corrected chi connectivity index (χ0v) is 10.8. The normalized spacial score (nSPS) is 12.0. The predicted molar refractivity (Wildman–Crippen MR) is 70.4 cm³/mol. The van der Waals surface area contributed by atoms with Gasteiger partial charge < -0.3 is 20.6 Å². The lowest BCUT2D eigenvalue weighted by Gasteiger charge is -2.13. The molecule has 0 saturated carbocycles. The molecule has 0 aromatic carbocycles. The predicted octanol–water partition coefficient (Wildman–Crippen LogP) is 0.591. The van der Waals surface area contributed by atoms with Gasteiger partial charge >= 0.3 is 0 Å². The van der Waals surface area contributed by atoms with Crippen molar-refractivity contribution >= 4 is 11.6 Å². The molecule has 5 N–H and O–H groups in total. The van der Waals surface area contributed by atoms with Crippen LogP contribution in [-0.2, 0) is 0 Å². The lowest BCUT2D eigenvalue weighted by Crippen LogP contribution is -2.13. The fourth-order valence-electron chi connectivity index (χ4n) is 1.54. The molecule has 0 fully saturated rings. The summed E-state index contributed by atoms with van der Waals surface area (Å²) in [5.41, 5.74) is 2.46. The van der Waals surface area contributed by atoms with Crippen LogP contribution in [0, 0.1) is 5.92 Å². The summed E-state index contributed by atoms with van der Waals surface area (Å²) in [7, 11) is 1.54. The Morgan fingerprint density at radius 3 is 2.78 bits per heavy atom. The van der Waals surface area contributed by atoms with Gasteiger partial charge in [0, 0.05) is 13.2 Å². The van der Waals surface area contributed by atoms with Crippen LogP contribution >= 0.6 is 0 Å². The molecule has 1 rings (SSSR count). The van der Waals surface area contributed by atoms with Crippen LogP contribution in [0.15, 0.2) is 6.33 Å². The third-order valence-corrected chi connectivity index (χ3v) is 2.62. The maximum absolute atomic E-state index is 8.92. The lowest BCUT2D eigenvalue weighted by molar-refractivity contribution is 0.229. The number of ether oxygens (including phenoxy) is 1. The first-order chi connectivity index (χ1) is 8.72. The number of hydrazine groups is 1. The SMILES string of the molecule is COc1c(NN)ncnc1NCCCC(C)CO. The minimum atomic E-state index is 0.220. The van der Waals surface area contributed by atoms with Crippen molar-refractivity contribution in [3.05, 3.63) is 6.33 Å². The van der Waals surface area contributed by atoms with Gasteiger partial charge in [-0.15, -0.1) is 0 Å². The van der Waals surface area contributed by atoms with Crippen molar-refractivity contribution in [2.24, 2.45) is 11.8 Å². The molecular weight excluding hydrogens is 234 g/mol. The van der Waals surface area contributed by atoms with E-state index in [1.165, 1.54) is 6.33 Å². The molecule has 0 amide bonds. The van der Waals surface area contributed by atoms with E-state index in [9.17, 15) is 0 Å². The molecule has 1 aromatic heterocycles. The zero-order valence-electron chi connectivity index (χ0n) is 10.8. The number of rotatable bonds is 8. The summed E-state index contributed by atoms with van der Waals surface area (Å²) in [6.07, 6.45) is 3.32. The minimum absolute atomic E-state index is 0.220. The molecule has 1 atom stereocenters. The van der Waals surface area contributed by atoms with Crippen molar-refractivity contribution < 1.29 is 9.84 Å². The average Bonchev–Trinajstić information content (AvgIpc) is 2.42. The van der Waals surface area contributed by atoms with E-state index < -0.39 is 0 Å². The van der Waals surface area contributed by atoms with E-state index in [-0.39, 0.29) is 6.61 Å². The van der Waals surface area contributed by atoms with E-state index in [4.69, 9.17) is 15.7 Å². The molecule has 1 aromatic rings. The first-order valence-electron chi connectivity index (χ1n) is 5.93. The second-order valence-electron chi connectivity index (χ2n) is 4.11. The van der Waals surface area contributed by atoms with E-state index in [2.05, 4.69) is 20.7 Å². The third-order valence-electron chi connectivity index (χ3n) is 2.62. The van der Waals surface area contributed by atoms with Crippen molar-refractivity contribution in [3.8, 4) is 5.75 Å². The maximum Gasteiger partial charge on any atom is 0.205 e. The third kappa shape index (κ3) is 4.01. The fourth-order valence-corrected chi connectivity index (χ4v) is 1.54. The number of nitrogens with zero attached hydrogens (tertiary/aromatic N) is 2. The highest BCUT2D eigenvalue weighted by atomic mass is 16.5. The van der Waals surface area contributed by atoms with Crippen LogP contribution in [0.25, 0.3) is 0 Å². The maximum atomic E-state index is 8.92. The van der Waals surface area contributed by atoms with E-state index in [1.54, 1.807) is 7.11 Å². The Kier molecular flexibility index (Phi) is 6.16. The molecule has 1 heterocycles. The summed E-state index contributed by atoms with van der Waals surface area (Å²) in [5.74, 6) is 7.20. The van der Waals surface area contributed by atoms with E-state index in [0.29, 0.717) is 23.3 Å². The molecule has 7 heteroatoms. The monoisotopic (exact) mass is 255 g/mol. The summed E-state index contributed by atoms with van der Waals surface area (Å²) in [6.45, 7) is 2.99. The number of aromatic nitrogens is 2. The Morgan fingerprint density at radius 2 is 2.17 bits per heavy atom. The van der Waals surface area contributed by atoms with Gasteiger partial charge in [0.2, 0.25) is 5.75 Å². The van der Waals surface area contributed by atoms with Gasteiger partial charge in [0.05, 0.1) is 7.11 Å². The Morgan fingerprint density at radius 1 is 1.44 bits per heavy atom. The molecule has 0 radical (unpaired) electrons. The van der Waals surface area contributed by atoms with Gasteiger partial charge in [0.25, 0.3) is 0 Å². The first kappa shape index (κ1) is 14.5. The van der Waals surface area contributed by atoms with E-state index >= 15 is 0 Å². The summed E-state index contributed by atoms with van der Waals surface area (Å²) < 4.78 is 5.20. The van der Waals surface area contributed by atoms with Gasteiger partial charge in [-0.25, -0.2) is 15.8 Å². The molecule has 0 bridgehead atoms. The van der Waals surface area contributed by atoms with Gasteiger partial charge in [-0.1, -0.05) is 6.92 Å². The van der Waals surface area contributed by atoms with Crippen LogP contribution in [-0.4, -0.2) is 35.3 Å². The van der Waals surface area contributed by atoms with Gasteiger partial charge in [0.1, 0.15) is 6.33 Å². The fraction of sp³-hybridized carbons (Fsp3) is 0.636. The van der Waals surface area contributed by atoms with E-state index in [1.807, 2.05) is 6.92 Å². The number of methoxy groups -OCH3 is 1. The Balaban J connectivity index is 2.51. The number of nitrogen functional groups attached to an aromatic ring is 1.